The van der Waals surface area contributed by atoms with Crippen LogP contribution in [0.4, 0.5) is 0 Å². The van der Waals surface area contributed by atoms with Gasteiger partial charge in [-0.15, -0.1) is 0 Å². The second-order valence-corrected chi connectivity index (χ2v) is 7.75. The zero-order valence-electron chi connectivity index (χ0n) is 13.6. The minimum atomic E-state index is 0.127. The summed E-state index contributed by atoms with van der Waals surface area (Å²) in [6.45, 7) is 4.77. The number of hydrogen-bond donors (Lipinski definition) is 0. The predicted molar refractivity (Wildman–Crippen MR) is 85.8 cm³/mol. The monoisotopic (exact) mass is 298 g/mol. The summed E-state index contributed by atoms with van der Waals surface area (Å²) in [5.74, 6) is 0.793. The summed E-state index contributed by atoms with van der Waals surface area (Å²) < 4.78 is 6.84. The highest BCUT2D eigenvalue weighted by Gasteiger charge is 2.58. The highest BCUT2D eigenvalue weighted by molar-refractivity contribution is 5.36. The summed E-state index contributed by atoms with van der Waals surface area (Å²) >= 11 is 0. The molecule has 5 aliphatic heterocycles. The number of ether oxygens (including phenoxy) is 1. The lowest BCUT2D eigenvalue weighted by molar-refractivity contribution is -0.274. The fraction of sp³-hybridized carbons (Fsp3) is 0.737. The standard InChI is InChI=1S/C19H26N2O/c1-2-19-12-21-10-8-13(19)11-17(21)18(22-19)15-7-9-20-16-6-4-3-5-14(15)16/h7,9,13,17-18H,2-6,8,10-12H2,1H3/t13-,17+,18-,19+/m0/s1. The van der Waals surface area contributed by atoms with Crippen LogP contribution in [0.5, 0.6) is 0 Å². The van der Waals surface area contributed by atoms with Crippen LogP contribution in [0, 0.1) is 5.92 Å². The van der Waals surface area contributed by atoms with E-state index >= 15 is 0 Å². The van der Waals surface area contributed by atoms with E-state index in [0.717, 1.165) is 18.8 Å². The second kappa shape index (κ2) is 4.78. The van der Waals surface area contributed by atoms with Crippen LogP contribution < -0.4 is 0 Å². The Morgan fingerprint density at radius 1 is 1.36 bits per heavy atom. The van der Waals surface area contributed by atoms with Gasteiger partial charge in [0.2, 0.25) is 0 Å². The summed E-state index contributed by atoms with van der Waals surface area (Å²) in [4.78, 5) is 7.38. The highest BCUT2D eigenvalue weighted by atomic mass is 16.5. The molecule has 5 atom stereocenters. The van der Waals surface area contributed by atoms with Crippen molar-refractivity contribution in [1.29, 1.82) is 0 Å². The highest BCUT2D eigenvalue weighted by Crippen LogP contribution is 2.54. The lowest BCUT2D eigenvalue weighted by atomic mass is 9.66. The number of hydrogen-bond acceptors (Lipinski definition) is 3. The molecule has 0 radical (unpaired) electrons. The normalized spacial score (nSPS) is 42.4. The Balaban J connectivity index is 1.57. The summed E-state index contributed by atoms with van der Waals surface area (Å²) in [5, 5.41) is 0. The molecule has 4 bridgehead atoms. The van der Waals surface area contributed by atoms with Crippen LogP contribution in [-0.4, -0.2) is 34.6 Å². The maximum absolute atomic E-state index is 6.84. The number of nitrogens with zero attached hydrogens (tertiary/aromatic N) is 2. The van der Waals surface area contributed by atoms with E-state index in [0.29, 0.717) is 12.1 Å². The van der Waals surface area contributed by atoms with Gasteiger partial charge in [0.1, 0.15) is 0 Å². The minimum Gasteiger partial charge on any atom is -0.364 e. The van der Waals surface area contributed by atoms with Crippen molar-refractivity contribution in [3.05, 3.63) is 29.1 Å². The molecule has 1 aromatic rings. The number of aromatic nitrogens is 1. The summed E-state index contributed by atoms with van der Waals surface area (Å²) in [5.41, 5.74) is 4.47. The van der Waals surface area contributed by atoms with Gasteiger partial charge in [-0.1, -0.05) is 6.92 Å². The molecule has 1 aromatic heterocycles. The molecule has 22 heavy (non-hydrogen) atoms. The Morgan fingerprint density at radius 2 is 2.27 bits per heavy atom. The molecule has 7 rings (SSSR count). The summed E-state index contributed by atoms with van der Waals surface area (Å²) in [6.07, 6.45) is 11.1. The quantitative estimate of drug-likeness (QED) is 0.838. The van der Waals surface area contributed by atoms with Crippen molar-refractivity contribution in [3.8, 4) is 0 Å². The SMILES string of the molecule is CC[C@@]12CN3CC[C@H]1C[C@@H]3[C@H](c1ccnc3c1CCCC3)O2. The first-order valence-corrected chi connectivity index (χ1v) is 9.19. The molecule has 5 fully saturated rings. The molecule has 0 saturated carbocycles. The van der Waals surface area contributed by atoms with Gasteiger partial charge in [-0.25, -0.2) is 0 Å². The summed E-state index contributed by atoms with van der Waals surface area (Å²) in [7, 11) is 0. The number of piperidine rings is 3. The number of fused-ring (bicyclic) bond motifs is 3. The molecular formula is C19H26N2O. The fourth-order valence-electron chi connectivity index (χ4n) is 5.64. The van der Waals surface area contributed by atoms with Crippen LogP contribution in [0.1, 0.15) is 62.0 Å². The van der Waals surface area contributed by atoms with Gasteiger partial charge in [0.25, 0.3) is 0 Å². The molecular weight excluding hydrogens is 272 g/mol. The van der Waals surface area contributed by atoms with E-state index in [-0.39, 0.29) is 5.60 Å². The van der Waals surface area contributed by atoms with Crippen LogP contribution in [0.25, 0.3) is 0 Å². The minimum absolute atomic E-state index is 0.127. The van der Waals surface area contributed by atoms with Crippen LogP contribution >= 0.6 is 0 Å². The second-order valence-electron chi connectivity index (χ2n) is 7.75. The van der Waals surface area contributed by atoms with Crippen molar-refractivity contribution < 1.29 is 4.74 Å². The molecule has 0 amide bonds. The molecule has 1 unspecified atom stereocenters. The third-order valence-electron chi connectivity index (χ3n) is 6.86. The van der Waals surface area contributed by atoms with Gasteiger partial charge in [-0.3, -0.25) is 9.88 Å². The maximum Gasteiger partial charge on any atom is 0.0992 e. The Bertz CT molecular complexity index is 601. The molecule has 1 aliphatic carbocycles. The molecule has 3 nitrogen and oxygen atoms in total. The van der Waals surface area contributed by atoms with Crippen molar-refractivity contribution in [2.75, 3.05) is 13.1 Å². The number of pyridine rings is 1. The van der Waals surface area contributed by atoms with Crippen molar-refractivity contribution in [2.24, 2.45) is 5.92 Å². The van der Waals surface area contributed by atoms with Gasteiger partial charge in [-0.2, -0.15) is 0 Å². The fourth-order valence-corrected chi connectivity index (χ4v) is 5.64. The Kier molecular flexibility index (Phi) is 2.93. The largest absolute Gasteiger partial charge is 0.364 e. The van der Waals surface area contributed by atoms with Gasteiger partial charge in [0.05, 0.1) is 11.7 Å². The van der Waals surface area contributed by atoms with E-state index in [1.54, 1.807) is 0 Å². The van der Waals surface area contributed by atoms with Gasteiger partial charge in [0, 0.05) is 24.5 Å². The molecule has 0 spiro atoms. The molecule has 6 aliphatic rings. The Morgan fingerprint density at radius 3 is 3.09 bits per heavy atom. The van der Waals surface area contributed by atoms with Crippen LogP contribution in [-0.2, 0) is 17.6 Å². The summed E-state index contributed by atoms with van der Waals surface area (Å²) in [6, 6.07) is 2.87. The zero-order chi connectivity index (χ0) is 14.7. The number of aryl methyl sites for hydroxylation is 1. The third kappa shape index (κ3) is 1.73. The van der Waals surface area contributed by atoms with Gasteiger partial charge >= 0.3 is 0 Å². The lowest BCUT2D eigenvalue weighted by Crippen LogP contribution is -2.70. The predicted octanol–water partition coefficient (Wildman–Crippen LogP) is 3.27. The van der Waals surface area contributed by atoms with Crippen molar-refractivity contribution in [3.63, 3.8) is 0 Å². The number of morpholine rings is 1. The molecule has 0 N–H and O–H groups in total. The Hall–Kier alpha value is -0.930. The smallest absolute Gasteiger partial charge is 0.0992 e. The van der Waals surface area contributed by atoms with Crippen LogP contribution in [0.2, 0.25) is 0 Å². The average Bonchev–Trinajstić information content (AvgIpc) is 2.61. The average molecular weight is 298 g/mol. The van der Waals surface area contributed by atoms with E-state index in [4.69, 9.17) is 4.74 Å². The van der Waals surface area contributed by atoms with Gasteiger partial charge in [-0.05, 0) is 74.6 Å². The van der Waals surface area contributed by atoms with E-state index in [9.17, 15) is 0 Å². The molecule has 5 saturated heterocycles. The maximum atomic E-state index is 6.84. The van der Waals surface area contributed by atoms with E-state index in [2.05, 4.69) is 22.9 Å². The Labute approximate surface area is 133 Å². The molecule has 6 heterocycles. The first-order valence-electron chi connectivity index (χ1n) is 9.19. The molecule has 0 aromatic carbocycles. The van der Waals surface area contributed by atoms with Crippen LogP contribution in [0.15, 0.2) is 12.3 Å². The lowest BCUT2D eigenvalue weighted by Gasteiger charge is -2.64. The van der Waals surface area contributed by atoms with Gasteiger partial charge in [0.15, 0.2) is 0 Å². The van der Waals surface area contributed by atoms with E-state index in [1.165, 1.54) is 62.0 Å². The molecule has 3 heteroatoms. The van der Waals surface area contributed by atoms with Crippen molar-refractivity contribution in [2.45, 2.75) is 69.6 Å². The zero-order valence-corrected chi connectivity index (χ0v) is 13.6. The first-order chi connectivity index (χ1) is 10.8. The topological polar surface area (TPSA) is 25.4 Å². The van der Waals surface area contributed by atoms with Crippen LogP contribution in [0.3, 0.4) is 0 Å². The van der Waals surface area contributed by atoms with Crippen molar-refractivity contribution >= 4 is 0 Å². The number of rotatable bonds is 2. The van der Waals surface area contributed by atoms with Gasteiger partial charge < -0.3 is 4.74 Å². The molecule has 118 valence electrons. The van der Waals surface area contributed by atoms with Crippen molar-refractivity contribution in [1.82, 2.24) is 9.88 Å². The third-order valence-corrected chi connectivity index (χ3v) is 6.86. The van der Waals surface area contributed by atoms with E-state index < -0.39 is 0 Å². The first kappa shape index (κ1) is 13.5. The van der Waals surface area contributed by atoms with E-state index in [1.807, 2.05) is 6.20 Å².